The molecule has 2 aliphatic rings. The van der Waals surface area contributed by atoms with E-state index in [0.717, 1.165) is 20.8 Å². The van der Waals surface area contributed by atoms with Gasteiger partial charge in [0.15, 0.2) is 5.82 Å². The van der Waals surface area contributed by atoms with Crippen LogP contribution in [0.4, 0.5) is 0 Å². The lowest BCUT2D eigenvalue weighted by atomic mass is 10.1. The lowest BCUT2D eigenvalue weighted by molar-refractivity contribution is -0.143. The third kappa shape index (κ3) is 2.27. The Balaban J connectivity index is 1.55. The minimum Gasteiger partial charge on any atom is -0.345 e. The van der Waals surface area contributed by atoms with Gasteiger partial charge in [-0.25, -0.2) is 4.98 Å². The predicted octanol–water partition coefficient (Wildman–Crippen LogP) is 2.69. The van der Waals surface area contributed by atoms with Gasteiger partial charge in [0.05, 0.1) is 22.5 Å². The number of nitrogens with zero attached hydrogens (tertiary/aromatic N) is 3. The molecule has 2 fully saturated rings. The zero-order valence-corrected chi connectivity index (χ0v) is 15.3. The molecule has 0 saturated carbocycles. The van der Waals surface area contributed by atoms with Crippen LogP contribution in [-0.2, 0) is 9.59 Å². The van der Waals surface area contributed by atoms with Crippen LogP contribution in [0.1, 0.15) is 12.5 Å². The molecule has 2 saturated heterocycles. The Hall–Kier alpha value is -2.38. The molecule has 0 radical (unpaired) electrons. The number of carbonyl (C=O) groups excluding carboxylic acids is 2. The minimum absolute atomic E-state index is 0.00609. The number of amides is 2. The first-order chi connectivity index (χ1) is 12.6. The van der Waals surface area contributed by atoms with Gasteiger partial charge < -0.3 is 14.8 Å². The molecular weight excluding hydrogens is 372 g/mol. The molecule has 132 valence electrons. The van der Waals surface area contributed by atoms with E-state index in [1.54, 1.807) is 22.4 Å². The summed E-state index contributed by atoms with van der Waals surface area (Å²) < 4.78 is 3.16. The Labute approximate surface area is 158 Å². The second-order valence-corrected chi connectivity index (χ2v) is 8.00. The van der Waals surface area contributed by atoms with Gasteiger partial charge in [0, 0.05) is 29.0 Å². The highest BCUT2D eigenvalue weighted by atomic mass is 35.5. The standard InChI is InChI=1S/C18H15ClN4O2S/c19-15-11-3-1-2-4-13(11)26-16(15)17-20-5-6-22(17)10-7-12-18(25)21-8-14(24)23(12)9-10/h1-6,10,12H,7-9H2,(H,21,25)/t10-,12+/m1/s1. The lowest BCUT2D eigenvalue weighted by Gasteiger charge is -2.28. The van der Waals surface area contributed by atoms with Gasteiger partial charge >= 0.3 is 0 Å². The fourth-order valence-corrected chi connectivity index (χ4v) is 5.38. The zero-order valence-electron chi connectivity index (χ0n) is 13.7. The highest BCUT2D eigenvalue weighted by molar-refractivity contribution is 7.23. The van der Waals surface area contributed by atoms with Crippen LogP contribution in [0.15, 0.2) is 36.7 Å². The Morgan fingerprint density at radius 2 is 2.12 bits per heavy atom. The van der Waals surface area contributed by atoms with Gasteiger partial charge in [0.2, 0.25) is 11.8 Å². The number of rotatable bonds is 2. The Morgan fingerprint density at radius 1 is 1.27 bits per heavy atom. The van der Waals surface area contributed by atoms with E-state index >= 15 is 0 Å². The van der Waals surface area contributed by atoms with Crippen molar-refractivity contribution >= 4 is 44.8 Å². The molecule has 1 N–H and O–H groups in total. The van der Waals surface area contributed by atoms with Crippen LogP contribution < -0.4 is 5.32 Å². The van der Waals surface area contributed by atoms with Crippen molar-refractivity contribution in [3.05, 3.63) is 41.7 Å². The average molecular weight is 387 g/mol. The van der Waals surface area contributed by atoms with Crippen molar-refractivity contribution in [2.24, 2.45) is 0 Å². The van der Waals surface area contributed by atoms with Crippen LogP contribution in [0.25, 0.3) is 20.8 Å². The van der Waals surface area contributed by atoms with E-state index in [4.69, 9.17) is 11.6 Å². The second-order valence-electron chi connectivity index (χ2n) is 6.57. The number of hydrogen-bond donors (Lipinski definition) is 1. The monoisotopic (exact) mass is 386 g/mol. The van der Waals surface area contributed by atoms with Crippen LogP contribution in [-0.4, -0.2) is 45.4 Å². The van der Waals surface area contributed by atoms with Gasteiger partial charge in [-0.05, 0) is 12.5 Å². The Morgan fingerprint density at radius 3 is 2.92 bits per heavy atom. The molecule has 3 aromatic rings. The molecule has 0 unspecified atom stereocenters. The molecule has 2 aliphatic heterocycles. The smallest absolute Gasteiger partial charge is 0.243 e. The Kier molecular flexibility index (Phi) is 3.55. The second kappa shape index (κ2) is 5.82. The number of aromatic nitrogens is 2. The molecule has 2 atom stereocenters. The molecule has 4 heterocycles. The van der Waals surface area contributed by atoms with Crippen LogP contribution in [0.5, 0.6) is 0 Å². The number of fused-ring (bicyclic) bond motifs is 2. The number of imidazole rings is 1. The largest absolute Gasteiger partial charge is 0.345 e. The normalized spacial score (nSPS) is 22.7. The van der Waals surface area contributed by atoms with Gasteiger partial charge in [0.25, 0.3) is 0 Å². The SMILES string of the molecule is O=C1NCC(=O)N2C[C@H](n3ccnc3-c3sc4ccccc4c3Cl)C[C@@H]12. The van der Waals surface area contributed by atoms with Crippen molar-refractivity contribution in [1.29, 1.82) is 0 Å². The summed E-state index contributed by atoms with van der Waals surface area (Å²) in [6, 6.07) is 7.62. The average Bonchev–Trinajstić information content (AvgIpc) is 3.35. The summed E-state index contributed by atoms with van der Waals surface area (Å²) in [6.07, 6.45) is 4.24. The first-order valence-electron chi connectivity index (χ1n) is 8.41. The summed E-state index contributed by atoms with van der Waals surface area (Å²) in [7, 11) is 0. The quantitative estimate of drug-likeness (QED) is 0.736. The van der Waals surface area contributed by atoms with Crippen LogP contribution in [0.3, 0.4) is 0 Å². The predicted molar refractivity (Wildman–Crippen MR) is 100 cm³/mol. The van der Waals surface area contributed by atoms with E-state index in [1.165, 1.54) is 0 Å². The van der Waals surface area contributed by atoms with E-state index in [1.807, 2.05) is 30.5 Å². The van der Waals surface area contributed by atoms with E-state index in [-0.39, 0.29) is 24.4 Å². The molecule has 6 nitrogen and oxygen atoms in total. The van der Waals surface area contributed by atoms with Crippen molar-refractivity contribution in [2.45, 2.75) is 18.5 Å². The van der Waals surface area contributed by atoms with Gasteiger partial charge in [-0.15, -0.1) is 11.3 Å². The summed E-state index contributed by atoms with van der Waals surface area (Å²) >= 11 is 8.23. The lowest BCUT2D eigenvalue weighted by Crippen LogP contribution is -2.55. The zero-order chi connectivity index (χ0) is 17.8. The molecule has 0 spiro atoms. The molecule has 5 rings (SSSR count). The summed E-state index contributed by atoms with van der Waals surface area (Å²) in [4.78, 5) is 31.4. The molecule has 2 aromatic heterocycles. The summed E-state index contributed by atoms with van der Waals surface area (Å²) in [5.74, 6) is 0.682. The molecule has 1 aromatic carbocycles. The fraction of sp³-hybridized carbons (Fsp3) is 0.278. The minimum atomic E-state index is -0.394. The van der Waals surface area contributed by atoms with Gasteiger partial charge in [-0.3, -0.25) is 9.59 Å². The number of thiophene rings is 1. The molecule has 0 aliphatic carbocycles. The van der Waals surface area contributed by atoms with Gasteiger partial charge in [0.1, 0.15) is 6.04 Å². The highest BCUT2D eigenvalue weighted by Crippen LogP contribution is 2.42. The third-order valence-corrected chi connectivity index (χ3v) is 6.79. The maximum Gasteiger partial charge on any atom is 0.243 e. The van der Waals surface area contributed by atoms with Crippen molar-refractivity contribution < 1.29 is 9.59 Å². The third-order valence-electron chi connectivity index (χ3n) is 5.12. The van der Waals surface area contributed by atoms with Crippen LogP contribution in [0, 0.1) is 0 Å². The van der Waals surface area contributed by atoms with Crippen molar-refractivity contribution in [2.75, 3.05) is 13.1 Å². The number of nitrogens with one attached hydrogen (secondary N) is 1. The van der Waals surface area contributed by atoms with Crippen LogP contribution in [0.2, 0.25) is 5.02 Å². The maximum atomic E-state index is 12.1. The van der Waals surface area contributed by atoms with E-state index < -0.39 is 6.04 Å². The first-order valence-corrected chi connectivity index (χ1v) is 9.60. The molecule has 0 bridgehead atoms. The molecule has 8 heteroatoms. The number of carbonyl (C=O) groups is 2. The number of hydrogen-bond acceptors (Lipinski definition) is 4. The molecule has 26 heavy (non-hydrogen) atoms. The van der Waals surface area contributed by atoms with Crippen molar-refractivity contribution in [3.63, 3.8) is 0 Å². The molecule has 2 amide bonds. The summed E-state index contributed by atoms with van der Waals surface area (Å²) in [6.45, 7) is 0.601. The van der Waals surface area contributed by atoms with E-state index in [9.17, 15) is 9.59 Å². The maximum absolute atomic E-state index is 12.1. The molecular formula is C18H15ClN4O2S. The summed E-state index contributed by atoms with van der Waals surface area (Å²) in [5, 5.41) is 4.38. The Bertz CT molecular complexity index is 1020. The van der Waals surface area contributed by atoms with E-state index in [0.29, 0.717) is 18.0 Å². The van der Waals surface area contributed by atoms with Crippen molar-refractivity contribution in [3.8, 4) is 10.7 Å². The summed E-state index contributed by atoms with van der Waals surface area (Å²) in [5.41, 5.74) is 0. The van der Waals surface area contributed by atoms with E-state index in [2.05, 4.69) is 14.9 Å². The van der Waals surface area contributed by atoms with Gasteiger partial charge in [-0.1, -0.05) is 29.8 Å². The number of halogens is 1. The van der Waals surface area contributed by atoms with Gasteiger partial charge in [-0.2, -0.15) is 0 Å². The number of piperazine rings is 1. The topological polar surface area (TPSA) is 67.2 Å². The first kappa shape index (κ1) is 15.8. The highest BCUT2D eigenvalue weighted by Gasteiger charge is 2.43. The van der Waals surface area contributed by atoms with Crippen LogP contribution >= 0.6 is 22.9 Å². The number of benzene rings is 1. The fourth-order valence-electron chi connectivity index (χ4n) is 3.86. The van der Waals surface area contributed by atoms with Crippen molar-refractivity contribution in [1.82, 2.24) is 19.8 Å².